The molecule has 5 heteroatoms. The zero-order valence-electron chi connectivity index (χ0n) is 19.6. The van der Waals surface area contributed by atoms with E-state index in [1.54, 1.807) is 6.08 Å². The van der Waals surface area contributed by atoms with Gasteiger partial charge in [0.15, 0.2) is 0 Å². The summed E-state index contributed by atoms with van der Waals surface area (Å²) in [5.41, 5.74) is 1.67. The summed E-state index contributed by atoms with van der Waals surface area (Å²) >= 11 is 0. The number of fused-ring (bicyclic) bond motifs is 1. The van der Waals surface area contributed by atoms with E-state index < -0.39 is 35.9 Å². The molecular formula is C30H32O5. The molecule has 0 heterocycles. The molecule has 182 valence electrons. The lowest BCUT2D eigenvalue weighted by Crippen LogP contribution is -2.67. The molecule has 1 saturated carbocycles. The Hall–Kier alpha value is -2.80. The zero-order chi connectivity index (χ0) is 24.1. The van der Waals surface area contributed by atoms with Crippen molar-refractivity contribution in [2.24, 2.45) is 5.92 Å². The van der Waals surface area contributed by atoms with E-state index in [9.17, 15) is 10.2 Å². The minimum absolute atomic E-state index is 0.319. The Balaban J connectivity index is 1.43. The second-order valence-corrected chi connectivity index (χ2v) is 9.36. The van der Waals surface area contributed by atoms with Gasteiger partial charge in [-0.25, -0.2) is 0 Å². The van der Waals surface area contributed by atoms with E-state index in [-0.39, 0.29) is 0 Å². The first-order valence-corrected chi connectivity index (χ1v) is 12.2. The number of aliphatic hydroxyl groups is 2. The predicted octanol–water partition coefficient (Wildman–Crippen LogP) is 4.42. The van der Waals surface area contributed by atoms with Crippen LogP contribution in [-0.4, -0.2) is 40.2 Å². The van der Waals surface area contributed by atoms with Crippen molar-refractivity contribution in [3.63, 3.8) is 0 Å². The van der Waals surface area contributed by atoms with Crippen molar-refractivity contribution in [3.8, 4) is 0 Å². The molecule has 3 aromatic rings. The van der Waals surface area contributed by atoms with Gasteiger partial charge in [0.05, 0.1) is 25.9 Å². The molecule has 5 rings (SSSR count). The summed E-state index contributed by atoms with van der Waals surface area (Å²) in [6.07, 6.45) is 1.28. The molecule has 0 bridgehead atoms. The Morgan fingerprint density at radius 1 is 0.657 bits per heavy atom. The van der Waals surface area contributed by atoms with Crippen LogP contribution >= 0.6 is 0 Å². The number of rotatable bonds is 9. The molecule has 6 atom stereocenters. The SMILES string of the molecule is O[C@@H]1[C@H](OCc2ccccc2)[C@@H](OCc2ccccc2)[C@H](OCc2ccccc2)[C@@]2(O)C=CC[C@H]12. The molecule has 1 fully saturated rings. The van der Waals surface area contributed by atoms with E-state index in [1.165, 1.54) is 0 Å². The number of hydrogen-bond donors (Lipinski definition) is 2. The van der Waals surface area contributed by atoms with E-state index in [1.807, 2.05) is 97.1 Å². The number of hydrogen-bond acceptors (Lipinski definition) is 5. The van der Waals surface area contributed by atoms with Crippen molar-refractivity contribution >= 4 is 0 Å². The summed E-state index contributed by atoms with van der Waals surface area (Å²) in [5.74, 6) is -0.430. The predicted molar refractivity (Wildman–Crippen MR) is 133 cm³/mol. The van der Waals surface area contributed by atoms with Gasteiger partial charge in [-0.05, 0) is 23.1 Å². The molecule has 0 spiro atoms. The molecule has 0 radical (unpaired) electrons. The summed E-state index contributed by atoms with van der Waals surface area (Å²) in [7, 11) is 0. The number of allylic oxidation sites excluding steroid dienone is 1. The highest BCUT2D eigenvalue weighted by atomic mass is 16.6. The molecule has 2 aliphatic carbocycles. The zero-order valence-corrected chi connectivity index (χ0v) is 19.6. The van der Waals surface area contributed by atoms with Gasteiger partial charge in [-0.15, -0.1) is 0 Å². The van der Waals surface area contributed by atoms with Crippen LogP contribution in [0.5, 0.6) is 0 Å². The van der Waals surface area contributed by atoms with Crippen LogP contribution < -0.4 is 0 Å². The molecular weight excluding hydrogens is 440 g/mol. The van der Waals surface area contributed by atoms with E-state index in [2.05, 4.69) is 0 Å². The second-order valence-electron chi connectivity index (χ2n) is 9.36. The number of benzene rings is 3. The quantitative estimate of drug-likeness (QED) is 0.451. The van der Waals surface area contributed by atoms with Crippen LogP contribution in [0, 0.1) is 5.92 Å². The van der Waals surface area contributed by atoms with Crippen LogP contribution in [0.15, 0.2) is 103 Å². The third-order valence-corrected chi connectivity index (χ3v) is 7.04. The lowest BCUT2D eigenvalue weighted by molar-refractivity contribution is -0.269. The molecule has 3 aromatic carbocycles. The Morgan fingerprint density at radius 3 is 1.63 bits per heavy atom. The first kappa shape index (κ1) is 23.9. The number of aliphatic hydroxyl groups excluding tert-OH is 1. The normalized spacial score (nSPS) is 29.7. The van der Waals surface area contributed by atoms with Crippen molar-refractivity contribution in [2.75, 3.05) is 0 Å². The van der Waals surface area contributed by atoms with Crippen LogP contribution in [0.1, 0.15) is 23.1 Å². The fourth-order valence-corrected chi connectivity index (χ4v) is 5.19. The van der Waals surface area contributed by atoms with Gasteiger partial charge in [0.1, 0.15) is 23.9 Å². The highest BCUT2D eigenvalue weighted by Gasteiger charge is 2.60. The van der Waals surface area contributed by atoms with E-state index in [0.717, 1.165) is 16.7 Å². The van der Waals surface area contributed by atoms with Gasteiger partial charge in [0.2, 0.25) is 0 Å². The maximum Gasteiger partial charge on any atom is 0.119 e. The van der Waals surface area contributed by atoms with Crippen LogP contribution in [0.4, 0.5) is 0 Å². The summed E-state index contributed by atoms with van der Waals surface area (Å²) in [6, 6.07) is 29.6. The molecule has 0 saturated heterocycles. The maximum absolute atomic E-state index is 11.8. The third-order valence-electron chi connectivity index (χ3n) is 7.04. The Morgan fingerprint density at radius 2 is 1.11 bits per heavy atom. The Labute approximate surface area is 206 Å². The molecule has 0 unspecified atom stereocenters. The van der Waals surface area contributed by atoms with Gasteiger partial charge in [0.25, 0.3) is 0 Å². The second kappa shape index (κ2) is 10.9. The minimum Gasteiger partial charge on any atom is -0.390 e. The molecule has 0 amide bonds. The van der Waals surface area contributed by atoms with E-state index in [4.69, 9.17) is 14.2 Å². The van der Waals surface area contributed by atoms with Crippen LogP contribution in [0.25, 0.3) is 0 Å². The number of ether oxygens (including phenoxy) is 3. The third kappa shape index (κ3) is 5.25. The lowest BCUT2D eigenvalue weighted by Gasteiger charge is -2.51. The van der Waals surface area contributed by atoms with Gasteiger partial charge >= 0.3 is 0 Å². The highest BCUT2D eigenvalue weighted by Crippen LogP contribution is 2.45. The van der Waals surface area contributed by atoms with E-state index in [0.29, 0.717) is 26.2 Å². The highest BCUT2D eigenvalue weighted by molar-refractivity contribution is 5.25. The summed E-state index contributed by atoms with van der Waals surface area (Å²) < 4.78 is 19.1. The largest absolute Gasteiger partial charge is 0.390 e. The summed E-state index contributed by atoms with van der Waals surface area (Å²) in [6.45, 7) is 0.970. The topological polar surface area (TPSA) is 68.2 Å². The van der Waals surface area contributed by atoms with Crippen LogP contribution in [-0.2, 0) is 34.0 Å². The van der Waals surface area contributed by atoms with Crippen LogP contribution in [0.2, 0.25) is 0 Å². The van der Waals surface area contributed by atoms with E-state index >= 15 is 0 Å². The van der Waals surface area contributed by atoms with Crippen molar-refractivity contribution in [1.82, 2.24) is 0 Å². The van der Waals surface area contributed by atoms with Gasteiger partial charge in [0, 0.05) is 5.92 Å². The van der Waals surface area contributed by atoms with Gasteiger partial charge < -0.3 is 24.4 Å². The molecule has 0 aliphatic heterocycles. The monoisotopic (exact) mass is 472 g/mol. The Kier molecular flexibility index (Phi) is 7.42. The Bertz CT molecular complexity index is 1090. The standard InChI is InChI=1S/C30H32O5/c31-26-25-17-10-18-30(25,32)29(35-21-24-15-8-3-9-16-24)28(34-20-23-13-6-2-7-14-23)27(26)33-19-22-11-4-1-5-12-22/h1-16,18,25-29,31-32H,17,19-21H2/t25-,26+,27+,28-,29+,30-/m1/s1. The van der Waals surface area contributed by atoms with Crippen molar-refractivity contribution < 1.29 is 24.4 Å². The lowest BCUT2D eigenvalue weighted by atomic mass is 9.70. The maximum atomic E-state index is 11.8. The smallest absolute Gasteiger partial charge is 0.119 e. The average molecular weight is 473 g/mol. The average Bonchev–Trinajstić information content (AvgIpc) is 3.31. The summed E-state index contributed by atoms with van der Waals surface area (Å²) in [4.78, 5) is 0. The van der Waals surface area contributed by atoms with Crippen molar-refractivity contribution in [2.45, 2.75) is 56.3 Å². The van der Waals surface area contributed by atoms with Crippen molar-refractivity contribution in [1.29, 1.82) is 0 Å². The minimum atomic E-state index is -1.35. The molecule has 2 aliphatic rings. The van der Waals surface area contributed by atoms with Gasteiger partial charge in [-0.2, -0.15) is 0 Å². The molecule has 35 heavy (non-hydrogen) atoms. The van der Waals surface area contributed by atoms with Crippen molar-refractivity contribution in [3.05, 3.63) is 120 Å². The molecule has 2 N–H and O–H groups in total. The molecule has 5 nitrogen and oxygen atoms in total. The van der Waals surface area contributed by atoms with Gasteiger partial charge in [-0.3, -0.25) is 0 Å². The summed E-state index contributed by atoms with van der Waals surface area (Å²) in [5, 5.41) is 23.2. The first-order valence-electron chi connectivity index (χ1n) is 12.2. The molecule has 0 aromatic heterocycles. The van der Waals surface area contributed by atoms with Crippen LogP contribution in [0.3, 0.4) is 0 Å². The van der Waals surface area contributed by atoms with Gasteiger partial charge in [-0.1, -0.05) is 103 Å². The fraction of sp³-hybridized carbons (Fsp3) is 0.333. The first-order chi connectivity index (χ1) is 17.1. The fourth-order valence-electron chi connectivity index (χ4n) is 5.19.